The number of nitrogens with one attached hydrogen (secondary N) is 2. The van der Waals surface area contributed by atoms with Crippen LogP contribution in [0.1, 0.15) is 24.3 Å². The Labute approximate surface area is 239 Å². The van der Waals surface area contributed by atoms with E-state index in [1.165, 1.54) is 10.4 Å². The smallest absolute Gasteiger partial charge is 0.248 e. The summed E-state index contributed by atoms with van der Waals surface area (Å²) in [6.07, 6.45) is 4.15. The third kappa shape index (κ3) is 7.20. The van der Waals surface area contributed by atoms with Crippen molar-refractivity contribution in [2.75, 3.05) is 68.3 Å². The molecule has 4 rings (SSSR count). The first kappa shape index (κ1) is 28.7. The molecule has 0 bridgehead atoms. The van der Waals surface area contributed by atoms with Crippen LogP contribution in [0, 0.1) is 0 Å². The number of halogens is 1. The standard InChI is InChI=1S/C28H36ClN7O2S/c1-18(2)13-26(37)31-21-14-22(24(38-6)15-23(21)35(5)11-10-34(3)4)32-28-30-16-20(29)27(33-28)36-9-7-25-19(17-36)8-12-39-25/h8,12-16H,7,9-11,17H2,1-6H3,(H,31,37)(H,30,32,33). The summed E-state index contributed by atoms with van der Waals surface area (Å²) in [4.78, 5) is 29.7. The van der Waals surface area contributed by atoms with E-state index in [4.69, 9.17) is 21.3 Å². The van der Waals surface area contributed by atoms with E-state index in [2.05, 4.69) is 41.8 Å². The molecule has 1 aromatic carbocycles. The molecule has 39 heavy (non-hydrogen) atoms. The second-order valence-corrected chi connectivity index (χ2v) is 11.4. The zero-order valence-electron chi connectivity index (χ0n) is 23.3. The minimum atomic E-state index is -0.198. The Morgan fingerprint density at radius 3 is 2.74 bits per heavy atom. The van der Waals surface area contributed by atoms with Gasteiger partial charge in [0.1, 0.15) is 10.8 Å². The molecule has 0 unspecified atom stereocenters. The molecule has 0 spiro atoms. The van der Waals surface area contributed by atoms with Crippen molar-refractivity contribution in [3.8, 4) is 5.75 Å². The Morgan fingerprint density at radius 1 is 1.23 bits per heavy atom. The van der Waals surface area contributed by atoms with Gasteiger partial charge in [0.2, 0.25) is 11.9 Å². The Balaban J connectivity index is 1.66. The molecule has 2 N–H and O–H groups in total. The van der Waals surface area contributed by atoms with Gasteiger partial charge in [-0.2, -0.15) is 4.98 Å². The normalized spacial score (nSPS) is 12.7. The van der Waals surface area contributed by atoms with Crippen molar-refractivity contribution in [2.45, 2.75) is 26.8 Å². The highest BCUT2D eigenvalue weighted by Crippen LogP contribution is 2.38. The Hall–Kier alpha value is -3.34. The monoisotopic (exact) mass is 569 g/mol. The van der Waals surface area contributed by atoms with Crippen LogP contribution >= 0.6 is 22.9 Å². The van der Waals surface area contributed by atoms with Gasteiger partial charge in [0.05, 0.1) is 30.4 Å². The maximum atomic E-state index is 12.7. The number of carbonyl (C=O) groups is 1. The number of thiophene rings is 1. The third-order valence-corrected chi connectivity index (χ3v) is 7.66. The number of nitrogens with zero attached hydrogens (tertiary/aromatic N) is 5. The van der Waals surface area contributed by atoms with Crippen LogP contribution in [0.25, 0.3) is 0 Å². The quantitative estimate of drug-likeness (QED) is 0.314. The first-order valence-corrected chi connectivity index (χ1v) is 14.0. The SMILES string of the molecule is COc1cc(N(C)CCN(C)C)c(NC(=O)C=C(C)C)cc1Nc1ncc(Cl)c(N2CCc3sccc3C2)n1. The van der Waals surface area contributed by atoms with Crippen molar-refractivity contribution in [3.05, 3.63) is 56.9 Å². The highest BCUT2D eigenvalue weighted by molar-refractivity contribution is 7.10. The third-order valence-electron chi connectivity index (χ3n) is 6.37. The number of methoxy groups -OCH3 is 1. The van der Waals surface area contributed by atoms with Crippen LogP contribution in [0.4, 0.5) is 28.8 Å². The number of aromatic nitrogens is 2. The van der Waals surface area contributed by atoms with E-state index in [1.807, 2.05) is 47.1 Å². The van der Waals surface area contributed by atoms with E-state index in [9.17, 15) is 4.79 Å². The maximum Gasteiger partial charge on any atom is 0.248 e. The molecule has 208 valence electrons. The lowest BCUT2D eigenvalue weighted by atomic mass is 10.1. The van der Waals surface area contributed by atoms with Crippen molar-refractivity contribution >= 4 is 57.7 Å². The summed E-state index contributed by atoms with van der Waals surface area (Å²) >= 11 is 8.34. The molecule has 0 aliphatic carbocycles. The molecule has 9 nitrogen and oxygen atoms in total. The van der Waals surface area contributed by atoms with Gasteiger partial charge in [0, 0.05) is 50.2 Å². The summed E-state index contributed by atoms with van der Waals surface area (Å²) in [6, 6.07) is 5.93. The van der Waals surface area contributed by atoms with Crippen molar-refractivity contribution in [2.24, 2.45) is 0 Å². The van der Waals surface area contributed by atoms with Gasteiger partial charge in [0.25, 0.3) is 0 Å². The Kier molecular flexibility index (Phi) is 9.32. The van der Waals surface area contributed by atoms with Gasteiger partial charge in [-0.3, -0.25) is 4.79 Å². The van der Waals surface area contributed by atoms with Gasteiger partial charge in [-0.25, -0.2) is 4.98 Å². The zero-order valence-corrected chi connectivity index (χ0v) is 24.9. The van der Waals surface area contributed by atoms with Crippen LogP contribution in [0.2, 0.25) is 5.02 Å². The fourth-order valence-electron chi connectivity index (χ4n) is 4.34. The number of anilines is 5. The van der Waals surface area contributed by atoms with Crippen LogP contribution < -0.4 is 25.2 Å². The molecule has 0 radical (unpaired) electrons. The van der Waals surface area contributed by atoms with E-state index in [0.717, 1.165) is 43.9 Å². The molecular formula is C28H36ClN7O2S. The van der Waals surface area contributed by atoms with Crippen molar-refractivity contribution in [1.29, 1.82) is 0 Å². The van der Waals surface area contributed by atoms with Crippen LogP contribution in [0.3, 0.4) is 0 Å². The van der Waals surface area contributed by atoms with Gasteiger partial charge in [0.15, 0.2) is 5.82 Å². The fraction of sp³-hybridized carbons (Fsp3) is 0.393. The topological polar surface area (TPSA) is 85.9 Å². The van der Waals surface area contributed by atoms with Crippen LogP contribution in [-0.4, -0.2) is 68.7 Å². The second kappa shape index (κ2) is 12.7. The van der Waals surface area contributed by atoms with Crippen molar-refractivity contribution in [1.82, 2.24) is 14.9 Å². The zero-order chi connectivity index (χ0) is 28.1. The summed E-state index contributed by atoms with van der Waals surface area (Å²) in [7, 11) is 7.67. The molecule has 0 fully saturated rings. The number of benzene rings is 1. The summed E-state index contributed by atoms with van der Waals surface area (Å²) in [5.74, 6) is 1.47. The fourth-order valence-corrected chi connectivity index (χ4v) is 5.44. The number of allylic oxidation sites excluding steroid dienone is 1. The molecule has 0 saturated carbocycles. The first-order chi connectivity index (χ1) is 18.6. The molecular weight excluding hydrogens is 534 g/mol. The molecule has 3 aromatic rings. The van der Waals surface area contributed by atoms with Gasteiger partial charge in [-0.1, -0.05) is 17.2 Å². The van der Waals surface area contributed by atoms with E-state index < -0.39 is 0 Å². The lowest BCUT2D eigenvalue weighted by Gasteiger charge is -2.29. The Bertz CT molecular complexity index is 1350. The minimum absolute atomic E-state index is 0.198. The minimum Gasteiger partial charge on any atom is -0.494 e. The molecule has 3 heterocycles. The number of ether oxygens (including phenoxy) is 1. The number of hydrogen-bond donors (Lipinski definition) is 2. The summed E-state index contributed by atoms with van der Waals surface area (Å²) in [5.41, 5.74) is 4.34. The lowest BCUT2D eigenvalue weighted by molar-refractivity contribution is -0.111. The predicted octanol–water partition coefficient (Wildman–Crippen LogP) is 5.41. The largest absolute Gasteiger partial charge is 0.494 e. The average molecular weight is 570 g/mol. The molecule has 1 aliphatic heterocycles. The van der Waals surface area contributed by atoms with Gasteiger partial charge in [-0.05, 0) is 57.4 Å². The van der Waals surface area contributed by atoms with Crippen molar-refractivity contribution < 1.29 is 9.53 Å². The average Bonchev–Trinajstić information content (AvgIpc) is 3.36. The molecule has 11 heteroatoms. The maximum absolute atomic E-state index is 12.7. The number of rotatable bonds is 10. The number of fused-ring (bicyclic) bond motifs is 1. The Morgan fingerprint density at radius 2 is 2.03 bits per heavy atom. The van der Waals surface area contributed by atoms with E-state index in [0.29, 0.717) is 33.9 Å². The van der Waals surface area contributed by atoms with Crippen molar-refractivity contribution in [3.63, 3.8) is 0 Å². The highest BCUT2D eigenvalue weighted by Gasteiger charge is 2.22. The highest BCUT2D eigenvalue weighted by atomic mass is 35.5. The van der Waals surface area contributed by atoms with Gasteiger partial charge >= 0.3 is 0 Å². The number of carbonyl (C=O) groups excluding carboxylic acids is 1. The number of likely N-dealkylation sites (N-methyl/N-ethyl adjacent to an activating group) is 2. The van der Waals surface area contributed by atoms with Gasteiger partial charge in [-0.15, -0.1) is 11.3 Å². The molecule has 2 aromatic heterocycles. The lowest BCUT2D eigenvalue weighted by Crippen LogP contribution is -2.30. The number of hydrogen-bond acceptors (Lipinski definition) is 9. The number of amides is 1. The summed E-state index contributed by atoms with van der Waals surface area (Å²) < 4.78 is 5.74. The molecule has 1 aliphatic rings. The van der Waals surface area contributed by atoms with E-state index in [1.54, 1.807) is 30.7 Å². The van der Waals surface area contributed by atoms with Crippen LogP contribution in [0.15, 0.2) is 41.4 Å². The summed E-state index contributed by atoms with van der Waals surface area (Å²) in [6.45, 7) is 6.99. The van der Waals surface area contributed by atoms with Crippen LogP contribution in [-0.2, 0) is 17.8 Å². The van der Waals surface area contributed by atoms with E-state index in [-0.39, 0.29) is 5.91 Å². The van der Waals surface area contributed by atoms with Crippen LogP contribution in [0.5, 0.6) is 5.75 Å². The molecule has 0 saturated heterocycles. The van der Waals surface area contributed by atoms with E-state index >= 15 is 0 Å². The molecule has 1 amide bonds. The van der Waals surface area contributed by atoms with Gasteiger partial charge < -0.3 is 30.1 Å². The second-order valence-electron chi connectivity index (χ2n) is 10.0. The summed E-state index contributed by atoms with van der Waals surface area (Å²) in [5, 5.41) is 8.95. The molecule has 0 atom stereocenters. The predicted molar refractivity (Wildman–Crippen MR) is 162 cm³/mol. The first-order valence-electron chi connectivity index (χ1n) is 12.8.